The maximum Gasteiger partial charge on any atom is 0.275 e. The number of hydrogen-bond donors (Lipinski definition) is 1. The van der Waals surface area contributed by atoms with Gasteiger partial charge >= 0.3 is 0 Å². The number of carbonyl (C=O) groups is 1. The van der Waals surface area contributed by atoms with Gasteiger partial charge in [-0.3, -0.25) is 14.2 Å². The van der Waals surface area contributed by atoms with Crippen molar-refractivity contribution in [2.24, 2.45) is 7.05 Å². The molecule has 0 aliphatic rings. The highest BCUT2D eigenvalue weighted by atomic mass is 16.3. The van der Waals surface area contributed by atoms with Crippen LogP contribution in [0.3, 0.4) is 0 Å². The SMILES string of the molecule is Cn1c(O)c(C(=O)c2ccccc2)nc(Cc2ccccc2)c1=O. The van der Waals surface area contributed by atoms with E-state index < -0.39 is 17.2 Å². The third-order valence-corrected chi connectivity index (χ3v) is 3.79. The molecule has 0 aliphatic carbocycles. The summed E-state index contributed by atoms with van der Waals surface area (Å²) < 4.78 is 1.06. The van der Waals surface area contributed by atoms with Crippen LogP contribution in [0.2, 0.25) is 0 Å². The Hall–Kier alpha value is -3.21. The lowest BCUT2D eigenvalue weighted by molar-refractivity contribution is 0.102. The average Bonchev–Trinajstić information content (AvgIpc) is 2.63. The maximum atomic E-state index is 12.6. The molecule has 0 aliphatic heterocycles. The number of rotatable bonds is 4. The molecule has 1 heterocycles. The largest absolute Gasteiger partial charge is 0.493 e. The topological polar surface area (TPSA) is 72.2 Å². The number of hydrogen-bond acceptors (Lipinski definition) is 4. The Balaban J connectivity index is 2.08. The van der Waals surface area contributed by atoms with Gasteiger partial charge in [0.05, 0.1) is 0 Å². The summed E-state index contributed by atoms with van der Waals surface area (Å²) in [5.41, 5.74) is 1.01. The molecule has 5 nitrogen and oxygen atoms in total. The van der Waals surface area contributed by atoms with Crippen LogP contribution >= 0.6 is 0 Å². The van der Waals surface area contributed by atoms with E-state index in [4.69, 9.17) is 0 Å². The predicted octanol–water partition coefficient (Wildman–Crippen LogP) is 2.31. The smallest absolute Gasteiger partial charge is 0.275 e. The van der Waals surface area contributed by atoms with Gasteiger partial charge < -0.3 is 5.11 Å². The second-order valence-corrected chi connectivity index (χ2v) is 5.45. The zero-order valence-electron chi connectivity index (χ0n) is 13.1. The predicted molar refractivity (Wildman–Crippen MR) is 90.3 cm³/mol. The van der Waals surface area contributed by atoms with Gasteiger partial charge in [-0.25, -0.2) is 4.98 Å². The van der Waals surface area contributed by atoms with E-state index in [1.807, 2.05) is 30.3 Å². The van der Waals surface area contributed by atoms with Gasteiger partial charge in [0.1, 0.15) is 5.69 Å². The van der Waals surface area contributed by atoms with Crippen molar-refractivity contribution in [1.29, 1.82) is 0 Å². The minimum absolute atomic E-state index is 0.116. The monoisotopic (exact) mass is 320 g/mol. The summed E-state index contributed by atoms with van der Waals surface area (Å²) in [7, 11) is 1.43. The van der Waals surface area contributed by atoms with Gasteiger partial charge in [-0.1, -0.05) is 60.7 Å². The molecule has 0 amide bonds. The van der Waals surface area contributed by atoms with Gasteiger partial charge in [0, 0.05) is 19.0 Å². The molecule has 0 atom stereocenters. The van der Waals surface area contributed by atoms with Gasteiger partial charge in [-0.05, 0) is 5.56 Å². The van der Waals surface area contributed by atoms with E-state index >= 15 is 0 Å². The summed E-state index contributed by atoms with van der Waals surface area (Å²) >= 11 is 0. The molecule has 0 radical (unpaired) electrons. The number of ketones is 1. The minimum atomic E-state index is -0.425. The first-order valence-corrected chi connectivity index (χ1v) is 7.50. The summed E-state index contributed by atoms with van der Waals surface area (Å²) in [4.78, 5) is 29.1. The summed E-state index contributed by atoms with van der Waals surface area (Å²) in [5.74, 6) is -0.844. The molecule has 24 heavy (non-hydrogen) atoms. The Morgan fingerprint density at radius 2 is 1.62 bits per heavy atom. The summed E-state index contributed by atoms with van der Waals surface area (Å²) in [6.07, 6.45) is 0.295. The number of aromatic hydroxyl groups is 1. The van der Waals surface area contributed by atoms with E-state index in [0.29, 0.717) is 12.0 Å². The number of aromatic nitrogens is 2. The lowest BCUT2D eigenvalue weighted by Gasteiger charge is -2.10. The quantitative estimate of drug-likeness (QED) is 0.749. The van der Waals surface area contributed by atoms with Crippen molar-refractivity contribution in [2.45, 2.75) is 6.42 Å². The molecule has 0 saturated heterocycles. The number of carbonyl (C=O) groups excluding carboxylic acids is 1. The van der Waals surface area contributed by atoms with Crippen LogP contribution in [0.25, 0.3) is 0 Å². The van der Waals surface area contributed by atoms with Crippen LogP contribution in [0.4, 0.5) is 0 Å². The molecule has 0 spiro atoms. The molecule has 1 N–H and O–H groups in total. The van der Waals surface area contributed by atoms with Gasteiger partial charge in [0.15, 0.2) is 5.69 Å². The Bertz CT molecular complexity index is 932. The first-order chi connectivity index (χ1) is 11.6. The van der Waals surface area contributed by atoms with Crippen LogP contribution in [0.15, 0.2) is 65.5 Å². The molecule has 0 unspecified atom stereocenters. The van der Waals surface area contributed by atoms with Crippen LogP contribution < -0.4 is 5.56 Å². The highest BCUT2D eigenvalue weighted by Crippen LogP contribution is 2.17. The van der Waals surface area contributed by atoms with E-state index in [0.717, 1.165) is 10.1 Å². The van der Waals surface area contributed by atoms with Crippen LogP contribution in [-0.2, 0) is 13.5 Å². The van der Waals surface area contributed by atoms with Crippen LogP contribution in [0, 0.1) is 0 Å². The molecule has 0 saturated carbocycles. The van der Waals surface area contributed by atoms with Crippen LogP contribution in [0.5, 0.6) is 5.88 Å². The summed E-state index contributed by atoms with van der Waals surface area (Å²) in [6, 6.07) is 17.9. The van der Waals surface area contributed by atoms with Crippen LogP contribution in [0.1, 0.15) is 27.3 Å². The molecule has 0 fully saturated rings. The van der Waals surface area contributed by atoms with Crippen molar-refractivity contribution in [2.75, 3.05) is 0 Å². The Labute approximate surface area is 138 Å². The van der Waals surface area contributed by atoms with Crippen LogP contribution in [-0.4, -0.2) is 20.4 Å². The Morgan fingerprint density at radius 3 is 2.25 bits per heavy atom. The molecule has 0 bridgehead atoms. The Kier molecular flexibility index (Phi) is 4.24. The fraction of sp³-hybridized carbons (Fsp3) is 0.105. The highest BCUT2D eigenvalue weighted by molar-refractivity contribution is 6.09. The standard InChI is InChI=1S/C19H16N2O3/c1-21-18(23)15(12-13-8-4-2-5-9-13)20-16(19(21)24)17(22)14-10-6-3-7-11-14/h2-11,24H,12H2,1H3. The van der Waals surface area contributed by atoms with Crippen molar-refractivity contribution >= 4 is 5.78 Å². The first kappa shape index (κ1) is 15.7. The lowest BCUT2D eigenvalue weighted by atomic mass is 10.1. The van der Waals surface area contributed by atoms with Crippen molar-refractivity contribution in [3.05, 3.63) is 93.5 Å². The average molecular weight is 320 g/mol. The summed E-state index contributed by atoms with van der Waals surface area (Å²) in [5, 5.41) is 10.2. The third-order valence-electron chi connectivity index (χ3n) is 3.79. The molecule has 120 valence electrons. The number of benzene rings is 2. The molecular formula is C19H16N2O3. The second-order valence-electron chi connectivity index (χ2n) is 5.45. The van der Waals surface area contributed by atoms with Crippen molar-refractivity contribution < 1.29 is 9.90 Å². The molecule has 3 aromatic rings. The van der Waals surface area contributed by atoms with Crippen molar-refractivity contribution in [3.8, 4) is 5.88 Å². The van der Waals surface area contributed by atoms with Gasteiger partial charge in [-0.15, -0.1) is 0 Å². The number of nitrogens with zero attached hydrogens (tertiary/aromatic N) is 2. The first-order valence-electron chi connectivity index (χ1n) is 7.50. The van der Waals surface area contributed by atoms with E-state index in [1.54, 1.807) is 30.3 Å². The van der Waals surface area contributed by atoms with Gasteiger partial charge in [0.2, 0.25) is 11.7 Å². The Morgan fingerprint density at radius 1 is 1.04 bits per heavy atom. The molecular weight excluding hydrogens is 304 g/mol. The van der Waals surface area contributed by atoms with E-state index in [2.05, 4.69) is 4.98 Å². The maximum absolute atomic E-state index is 12.6. The van der Waals surface area contributed by atoms with Gasteiger partial charge in [-0.2, -0.15) is 0 Å². The minimum Gasteiger partial charge on any atom is -0.493 e. The second kappa shape index (κ2) is 6.50. The third kappa shape index (κ3) is 2.96. The fourth-order valence-electron chi connectivity index (χ4n) is 2.46. The molecule has 1 aromatic heterocycles. The molecule has 3 rings (SSSR count). The fourth-order valence-corrected chi connectivity index (χ4v) is 2.46. The van der Waals surface area contributed by atoms with Crippen molar-refractivity contribution in [1.82, 2.24) is 9.55 Å². The zero-order valence-corrected chi connectivity index (χ0v) is 13.1. The van der Waals surface area contributed by atoms with E-state index in [1.165, 1.54) is 7.05 Å². The summed E-state index contributed by atoms with van der Waals surface area (Å²) in [6.45, 7) is 0. The molecule has 2 aromatic carbocycles. The zero-order chi connectivity index (χ0) is 17.1. The van der Waals surface area contributed by atoms with Crippen molar-refractivity contribution in [3.63, 3.8) is 0 Å². The lowest BCUT2D eigenvalue weighted by Crippen LogP contribution is -2.26. The van der Waals surface area contributed by atoms with E-state index in [-0.39, 0.29) is 11.4 Å². The van der Waals surface area contributed by atoms with Gasteiger partial charge in [0.25, 0.3) is 5.56 Å². The molecule has 5 heteroatoms. The normalized spacial score (nSPS) is 10.5. The van der Waals surface area contributed by atoms with E-state index in [9.17, 15) is 14.7 Å². The highest BCUT2D eigenvalue weighted by Gasteiger charge is 2.21.